The van der Waals surface area contributed by atoms with Gasteiger partial charge in [-0.1, -0.05) is 53.5 Å². The van der Waals surface area contributed by atoms with Crippen molar-refractivity contribution in [3.8, 4) is 5.69 Å². The van der Waals surface area contributed by atoms with Crippen molar-refractivity contribution in [3.05, 3.63) is 93.1 Å². The zero-order chi connectivity index (χ0) is 27.3. The van der Waals surface area contributed by atoms with Crippen LogP contribution in [0.2, 0.25) is 8.67 Å². The molecule has 0 aliphatic heterocycles. The third kappa shape index (κ3) is 6.64. The Hall–Kier alpha value is -3.58. The number of carbonyl (C=O) groups is 2. The van der Waals surface area contributed by atoms with Gasteiger partial charge in [0.15, 0.2) is 0 Å². The summed E-state index contributed by atoms with van der Waals surface area (Å²) in [6, 6.07) is 15.7. The van der Waals surface area contributed by atoms with Gasteiger partial charge in [0.25, 0.3) is 10.0 Å². The molecule has 198 valence electrons. The molecule has 3 N–H and O–H groups in total. The molecule has 4 rings (SSSR count). The Balaban J connectivity index is 1.60. The summed E-state index contributed by atoms with van der Waals surface area (Å²) in [5, 5.41) is 5.29. The van der Waals surface area contributed by atoms with Crippen LogP contribution in [0.5, 0.6) is 0 Å². The van der Waals surface area contributed by atoms with E-state index in [4.69, 9.17) is 23.2 Å². The van der Waals surface area contributed by atoms with Crippen LogP contribution in [0.25, 0.3) is 5.69 Å². The molecule has 14 heteroatoms. The Morgan fingerprint density at radius 1 is 1.11 bits per heavy atom. The molecule has 1 atom stereocenters. The lowest BCUT2D eigenvalue weighted by Crippen LogP contribution is -2.42. The molecule has 2 aromatic heterocycles. The standard InChI is InChI=1S/C24H21Cl2N5O5S2/c1-36-24(33)28-16-7-9-17(10-8-16)31-12-11-27-22(31)18(13-15-5-3-2-4-6-15)29-23(32)30-38(34,35)19-14-20(25)37-21(19)26/h2-12,14,18H,13H2,1H3,(H,28,33)(H2,29,30,32). The van der Waals surface area contributed by atoms with Crippen LogP contribution in [0.4, 0.5) is 15.3 Å². The van der Waals surface area contributed by atoms with Crippen LogP contribution >= 0.6 is 34.5 Å². The Morgan fingerprint density at radius 2 is 1.82 bits per heavy atom. The van der Waals surface area contributed by atoms with Crippen molar-refractivity contribution < 1.29 is 22.7 Å². The summed E-state index contributed by atoms with van der Waals surface area (Å²) in [6.07, 6.45) is 3.00. The number of aromatic nitrogens is 2. The van der Waals surface area contributed by atoms with Crippen molar-refractivity contribution in [2.24, 2.45) is 0 Å². The second-order valence-corrected chi connectivity index (χ2v) is 11.8. The van der Waals surface area contributed by atoms with Crippen LogP contribution < -0.4 is 15.4 Å². The largest absolute Gasteiger partial charge is 0.453 e. The number of ether oxygens (including phenoxy) is 1. The zero-order valence-corrected chi connectivity index (χ0v) is 22.9. The highest BCUT2D eigenvalue weighted by Crippen LogP contribution is 2.34. The summed E-state index contributed by atoms with van der Waals surface area (Å²) in [4.78, 5) is 28.5. The number of urea groups is 1. The van der Waals surface area contributed by atoms with Crippen LogP contribution in [-0.4, -0.2) is 37.2 Å². The summed E-state index contributed by atoms with van der Waals surface area (Å²) in [7, 11) is -3.01. The molecular weight excluding hydrogens is 573 g/mol. The van der Waals surface area contributed by atoms with E-state index in [1.54, 1.807) is 41.2 Å². The number of hydrogen-bond acceptors (Lipinski definition) is 7. The van der Waals surface area contributed by atoms with Crippen molar-refractivity contribution >= 4 is 62.4 Å². The number of nitrogens with zero attached hydrogens (tertiary/aromatic N) is 2. The fourth-order valence-electron chi connectivity index (χ4n) is 3.60. The number of thiophene rings is 1. The summed E-state index contributed by atoms with van der Waals surface area (Å²) >= 11 is 12.7. The van der Waals surface area contributed by atoms with Crippen LogP contribution in [0.1, 0.15) is 17.4 Å². The van der Waals surface area contributed by atoms with E-state index in [0.29, 0.717) is 23.6 Å². The first-order chi connectivity index (χ1) is 18.2. The first-order valence-corrected chi connectivity index (χ1v) is 14.0. The van der Waals surface area contributed by atoms with Gasteiger partial charge in [-0.3, -0.25) is 5.32 Å². The van der Waals surface area contributed by atoms with Gasteiger partial charge in [0.2, 0.25) is 0 Å². The lowest BCUT2D eigenvalue weighted by Gasteiger charge is -2.20. The van der Waals surface area contributed by atoms with E-state index < -0.39 is 28.2 Å². The topological polar surface area (TPSA) is 131 Å². The molecule has 0 radical (unpaired) electrons. The van der Waals surface area contributed by atoms with E-state index >= 15 is 0 Å². The molecule has 0 aliphatic rings. The third-order valence-corrected chi connectivity index (χ3v) is 8.37. The Labute approximate surface area is 232 Å². The molecule has 1 unspecified atom stereocenters. The molecule has 0 bridgehead atoms. The first kappa shape index (κ1) is 27.5. The highest BCUT2D eigenvalue weighted by Gasteiger charge is 2.26. The number of anilines is 1. The SMILES string of the molecule is COC(=O)Nc1ccc(-n2ccnc2C(Cc2ccccc2)NC(=O)NS(=O)(=O)c2cc(Cl)sc2Cl)cc1. The van der Waals surface area contributed by atoms with Gasteiger partial charge in [-0.2, -0.15) is 0 Å². The summed E-state index contributed by atoms with van der Waals surface area (Å²) in [6.45, 7) is 0. The lowest BCUT2D eigenvalue weighted by atomic mass is 10.1. The number of benzene rings is 2. The Bertz CT molecular complexity index is 1540. The number of halogens is 2. The summed E-state index contributed by atoms with van der Waals surface area (Å²) in [5.41, 5.74) is 2.11. The average Bonchev–Trinajstić information content (AvgIpc) is 3.51. The van der Waals surface area contributed by atoms with Crippen molar-refractivity contribution in [3.63, 3.8) is 0 Å². The molecule has 3 amide bonds. The van der Waals surface area contributed by atoms with Gasteiger partial charge < -0.3 is 14.6 Å². The van der Waals surface area contributed by atoms with Crippen LogP contribution in [0.3, 0.4) is 0 Å². The van der Waals surface area contributed by atoms with Gasteiger partial charge >= 0.3 is 12.1 Å². The van der Waals surface area contributed by atoms with Gasteiger partial charge in [-0.15, -0.1) is 11.3 Å². The van der Waals surface area contributed by atoms with Crippen LogP contribution in [0, 0.1) is 0 Å². The monoisotopic (exact) mass is 593 g/mol. The van der Waals surface area contributed by atoms with E-state index in [1.807, 2.05) is 35.1 Å². The van der Waals surface area contributed by atoms with E-state index in [2.05, 4.69) is 20.4 Å². The van der Waals surface area contributed by atoms with Crippen molar-refractivity contribution in [2.75, 3.05) is 12.4 Å². The lowest BCUT2D eigenvalue weighted by molar-refractivity contribution is 0.187. The molecule has 0 saturated carbocycles. The smallest absolute Gasteiger partial charge is 0.411 e. The number of sulfonamides is 1. The van der Waals surface area contributed by atoms with E-state index in [0.717, 1.165) is 16.9 Å². The van der Waals surface area contributed by atoms with Gasteiger partial charge in [-0.05, 0) is 42.3 Å². The van der Waals surface area contributed by atoms with Crippen molar-refractivity contribution in [2.45, 2.75) is 17.4 Å². The fourth-order valence-corrected chi connectivity index (χ4v) is 6.66. The molecule has 2 aromatic carbocycles. The number of methoxy groups -OCH3 is 1. The minimum Gasteiger partial charge on any atom is -0.453 e. The van der Waals surface area contributed by atoms with Crippen LogP contribution in [0.15, 0.2) is 78.0 Å². The molecular formula is C24H21Cl2N5O5S2. The van der Waals surface area contributed by atoms with E-state index in [1.165, 1.54) is 13.2 Å². The number of hydrogen-bond donors (Lipinski definition) is 3. The number of imidazole rings is 1. The average molecular weight is 595 g/mol. The number of amides is 3. The van der Waals surface area contributed by atoms with Gasteiger partial charge in [-0.25, -0.2) is 27.7 Å². The predicted molar refractivity (Wildman–Crippen MR) is 146 cm³/mol. The van der Waals surface area contributed by atoms with Crippen molar-refractivity contribution in [1.82, 2.24) is 19.6 Å². The van der Waals surface area contributed by atoms with Gasteiger partial charge in [0, 0.05) is 23.8 Å². The number of carbonyl (C=O) groups excluding carboxylic acids is 2. The van der Waals surface area contributed by atoms with Gasteiger partial charge in [0.1, 0.15) is 15.1 Å². The Kier molecular flexibility index (Phi) is 8.57. The minimum absolute atomic E-state index is 0.0585. The second-order valence-electron chi connectivity index (χ2n) is 7.83. The fraction of sp³-hybridized carbons (Fsp3) is 0.125. The van der Waals surface area contributed by atoms with E-state index in [9.17, 15) is 18.0 Å². The summed E-state index contributed by atoms with van der Waals surface area (Å²) < 4.78 is 34.0. The molecule has 0 fully saturated rings. The molecule has 10 nitrogen and oxygen atoms in total. The quantitative estimate of drug-likeness (QED) is 0.251. The number of nitrogens with one attached hydrogen (secondary N) is 3. The normalized spacial score (nSPS) is 12.0. The van der Waals surface area contributed by atoms with E-state index in [-0.39, 0.29) is 13.6 Å². The maximum Gasteiger partial charge on any atom is 0.411 e. The molecule has 4 aromatic rings. The maximum absolute atomic E-state index is 12.9. The molecule has 0 saturated heterocycles. The first-order valence-electron chi connectivity index (χ1n) is 11.0. The second kappa shape index (κ2) is 11.9. The highest BCUT2D eigenvalue weighted by atomic mass is 35.5. The minimum atomic E-state index is -4.28. The maximum atomic E-state index is 12.9. The third-order valence-electron chi connectivity index (χ3n) is 5.29. The summed E-state index contributed by atoms with van der Waals surface area (Å²) in [5.74, 6) is 0.451. The Morgan fingerprint density at radius 3 is 2.45 bits per heavy atom. The molecule has 0 aliphatic carbocycles. The molecule has 38 heavy (non-hydrogen) atoms. The number of rotatable bonds is 8. The predicted octanol–water partition coefficient (Wildman–Crippen LogP) is 5.39. The molecule has 2 heterocycles. The molecule has 0 spiro atoms. The van der Waals surface area contributed by atoms with Crippen molar-refractivity contribution in [1.29, 1.82) is 0 Å². The van der Waals surface area contributed by atoms with Gasteiger partial charge in [0.05, 0.1) is 17.5 Å². The zero-order valence-electron chi connectivity index (χ0n) is 19.7. The van der Waals surface area contributed by atoms with Crippen LogP contribution in [-0.2, 0) is 21.2 Å². The highest BCUT2D eigenvalue weighted by molar-refractivity contribution is 7.90.